The van der Waals surface area contributed by atoms with Crippen molar-refractivity contribution < 1.29 is 18.3 Å². The van der Waals surface area contributed by atoms with Gasteiger partial charge in [0.15, 0.2) is 9.84 Å². The van der Waals surface area contributed by atoms with Crippen LogP contribution in [0.3, 0.4) is 0 Å². The fourth-order valence-electron chi connectivity index (χ4n) is 4.04. The van der Waals surface area contributed by atoms with E-state index in [1.807, 2.05) is 36.4 Å². The molecule has 1 aromatic heterocycles. The highest BCUT2D eigenvalue weighted by atomic mass is 32.2. The van der Waals surface area contributed by atoms with E-state index >= 15 is 0 Å². The molecule has 0 radical (unpaired) electrons. The van der Waals surface area contributed by atoms with Gasteiger partial charge in [0.05, 0.1) is 12.2 Å². The highest BCUT2D eigenvalue weighted by Gasteiger charge is 2.49. The van der Waals surface area contributed by atoms with Crippen LogP contribution in [0.4, 0.5) is 0 Å². The molecule has 1 saturated heterocycles. The number of rotatable bonds is 5. The van der Waals surface area contributed by atoms with Crippen molar-refractivity contribution in [1.29, 1.82) is 0 Å². The minimum Gasteiger partial charge on any atom is -0.481 e. The molecule has 1 fully saturated rings. The van der Waals surface area contributed by atoms with Gasteiger partial charge >= 0.3 is 5.97 Å². The van der Waals surface area contributed by atoms with E-state index in [0.29, 0.717) is 17.7 Å². The third-order valence-corrected chi connectivity index (χ3v) is 9.53. The van der Waals surface area contributed by atoms with Gasteiger partial charge in [0.2, 0.25) is 0 Å². The van der Waals surface area contributed by atoms with E-state index in [0.717, 1.165) is 22.2 Å². The number of thiophene rings is 1. The summed E-state index contributed by atoms with van der Waals surface area (Å²) in [5, 5.41) is 11.7. The molecule has 0 spiro atoms. The van der Waals surface area contributed by atoms with Gasteiger partial charge in [-0.05, 0) is 53.5 Å². The van der Waals surface area contributed by atoms with Crippen molar-refractivity contribution >= 4 is 50.1 Å². The lowest BCUT2D eigenvalue weighted by Gasteiger charge is -2.34. The number of benzene rings is 2. The summed E-state index contributed by atoms with van der Waals surface area (Å²) >= 11 is 1.38. The van der Waals surface area contributed by atoms with Gasteiger partial charge in [0.1, 0.15) is 4.75 Å². The van der Waals surface area contributed by atoms with Crippen LogP contribution in [0.2, 0.25) is 0 Å². The Balaban J connectivity index is 1.65. The smallest absolute Gasteiger partial charge is 0.305 e. The maximum atomic E-state index is 12.9. The zero-order valence-corrected chi connectivity index (χ0v) is 17.5. The fourth-order valence-corrected chi connectivity index (χ4v) is 7.71. The van der Waals surface area contributed by atoms with E-state index in [-0.39, 0.29) is 12.2 Å². The van der Waals surface area contributed by atoms with Crippen molar-refractivity contribution in [2.45, 2.75) is 30.4 Å². The van der Waals surface area contributed by atoms with Gasteiger partial charge in [0.25, 0.3) is 0 Å². The molecule has 2 aromatic carbocycles. The van der Waals surface area contributed by atoms with E-state index in [1.54, 1.807) is 6.07 Å². The van der Waals surface area contributed by atoms with Gasteiger partial charge in [0, 0.05) is 9.75 Å². The third-order valence-electron chi connectivity index (χ3n) is 5.57. The predicted molar refractivity (Wildman–Crippen MR) is 119 cm³/mol. The van der Waals surface area contributed by atoms with Crippen LogP contribution in [-0.4, -0.2) is 25.2 Å². The molecular weight excluding hydrogens is 404 g/mol. The Morgan fingerprint density at radius 1 is 1.03 bits per heavy atom. The molecule has 0 aliphatic carbocycles. The minimum atomic E-state index is -3.51. The molecule has 4 rings (SSSR count). The molecule has 1 aliphatic rings. The molecule has 3 aromatic rings. The van der Waals surface area contributed by atoms with E-state index in [2.05, 4.69) is 24.3 Å². The summed E-state index contributed by atoms with van der Waals surface area (Å²) in [6.45, 7) is 0. The second-order valence-corrected chi connectivity index (χ2v) is 11.0. The average molecular weight is 427 g/mol. The number of sulfone groups is 1. The first-order valence-corrected chi connectivity index (χ1v) is 12.1. The van der Waals surface area contributed by atoms with Crippen molar-refractivity contribution in [2.24, 2.45) is 0 Å². The van der Waals surface area contributed by atoms with E-state index in [1.165, 1.54) is 16.7 Å². The van der Waals surface area contributed by atoms with Crippen LogP contribution in [0.15, 0.2) is 54.6 Å². The second kappa shape index (κ2) is 7.76. The Morgan fingerprint density at radius 2 is 1.83 bits per heavy atom. The number of carbonyl (C=O) groups is 1. The molecular formula is C23H22O4S2. The van der Waals surface area contributed by atoms with Crippen molar-refractivity contribution in [3.8, 4) is 0 Å². The minimum absolute atomic E-state index is 0.0560. The van der Waals surface area contributed by atoms with Gasteiger partial charge < -0.3 is 5.11 Å². The first kappa shape index (κ1) is 19.9. The molecule has 1 atom stereocenters. The zero-order valence-electron chi connectivity index (χ0n) is 15.9. The molecule has 1 aliphatic heterocycles. The molecule has 0 saturated carbocycles. The number of hydrogen-bond donors (Lipinski definition) is 1. The van der Waals surface area contributed by atoms with E-state index < -0.39 is 20.6 Å². The number of carboxylic acids is 1. The average Bonchev–Trinajstić information content (AvgIpc) is 3.17. The molecule has 4 nitrogen and oxygen atoms in total. The maximum absolute atomic E-state index is 12.9. The van der Waals surface area contributed by atoms with Crippen molar-refractivity contribution in [1.82, 2.24) is 0 Å². The lowest BCUT2D eigenvalue weighted by molar-refractivity contribution is -0.137. The Morgan fingerprint density at radius 3 is 2.59 bits per heavy atom. The van der Waals surface area contributed by atoms with Gasteiger partial charge in [-0.25, -0.2) is 8.42 Å². The number of hydrogen-bond acceptors (Lipinski definition) is 4. The van der Waals surface area contributed by atoms with Crippen molar-refractivity contribution in [3.63, 3.8) is 0 Å². The monoisotopic (exact) mass is 426 g/mol. The van der Waals surface area contributed by atoms with Gasteiger partial charge in [-0.3, -0.25) is 4.79 Å². The highest BCUT2D eigenvalue weighted by molar-refractivity contribution is 7.92. The maximum Gasteiger partial charge on any atom is 0.305 e. The van der Waals surface area contributed by atoms with E-state index in [9.17, 15) is 18.3 Å². The van der Waals surface area contributed by atoms with E-state index in [4.69, 9.17) is 0 Å². The predicted octanol–water partition coefficient (Wildman–Crippen LogP) is 5.34. The quantitative estimate of drug-likeness (QED) is 0.598. The molecule has 150 valence electrons. The number of carboxylic acid groups (broad SMARTS) is 1. The molecule has 6 heteroatoms. The fraction of sp³-hybridized carbons (Fsp3) is 0.261. The van der Waals surface area contributed by atoms with Crippen molar-refractivity contribution in [2.75, 3.05) is 5.75 Å². The van der Waals surface area contributed by atoms with Crippen LogP contribution >= 0.6 is 11.3 Å². The topological polar surface area (TPSA) is 71.4 Å². The SMILES string of the molecule is O=C(O)CC1(c2ccc(/C=C/c3ccc4ccccc4c3)s2)CCCCS1(=O)=O. The standard InChI is InChI=1S/C23H22O4S2/c24-22(25)16-23(13-3-4-14-29(23,26)27)21-12-11-20(28-21)10-8-17-7-9-18-5-1-2-6-19(18)15-17/h1-2,5-12,15H,3-4,13-14,16H2,(H,24,25)/b10-8+. The van der Waals surface area contributed by atoms with Crippen LogP contribution in [0, 0.1) is 0 Å². The second-order valence-electron chi connectivity index (χ2n) is 7.48. The van der Waals surface area contributed by atoms with Crippen molar-refractivity contribution in [3.05, 3.63) is 69.9 Å². The Bertz CT molecular complexity index is 1190. The third kappa shape index (κ3) is 3.87. The van der Waals surface area contributed by atoms with Gasteiger partial charge in [-0.1, -0.05) is 48.9 Å². The molecule has 1 unspecified atom stereocenters. The summed E-state index contributed by atoms with van der Waals surface area (Å²) in [5.41, 5.74) is 1.06. The summed E-state index contributed by atoms with van der Waals surface area (Å²) in [5.74, 6) is -1.02. The number of fused-ring (bicyclic) bond motifs is 1. The molecule has 0 bridgehead atoms. The summed E-state index contributed by atoms with van der Waals surface area (Å²) in [4.78, 5) is 13.0. The number of aliphatic carboxylic acids is 1. The molecule has 2 heterocycles. The lowest BCUT2D eigenvalue weighted by atomic mass is 9.95. The summed E-state index contributed by atoms with van der Waals surface area (Å²) in [6, 6.07) is 18.1. The summed E-state index contributed by atoms with van der Waals surface area (Å²) < 4.78 is 24.5. The molecule has 29 heavy (non-hydrogen) atoms. The first-order chi connectivity index (χ1) is 13.9. The van der Waals surface area contributed by atoms with Crippen LogP contribution in [-0.2, 0) is 19.4 Å². The van der Waals surface area contributed by atoms with Gasteiger partial charge in [-0.2, -0.15) is 0 Å². The Hall–Kier alpha value is -2.44. The zero-order chi connectivity index (χ0) is 20.5. The first-order valence-electron chi connectivity index (χ1n) is 9.61. The molecule has 1 N–H and O–H groups in total. The van der Waals surface area contributed by atoms with Gasteiger partial charge in [-0.15, -0.1) is 11.3 Å². The van der Waals surface area contributed by atoms with Crippen LogP contribution in [0.5, 0.6) is 0 Å². The molecule has 0 amide bonds. The summed E-state index contributed by atoms with van der Waals surface area (Å²) in [6.07, 6.45) is 5.29. The Labute approximate surface area is 174 Å². The lowest BCUT2D eigenvalue weighted by Crippen LogP contribution is -2.41. The Kier molecular flexibility index (Phi) is 5.32. The van der Waals surface area contributed by atoms with Crippen LogP contribution in [0.1, 0.15) is 41.0 Å². The van der Waals surface area contributed by atoms with Crippen LogP contribution in [0.25, 0.3) is 22.9 Å². The normalized spacial score (nSPS) is 21.5. The largest absolute Gasteiger partial charge is 0.481 e. The summed E-state index contributed by atoms with van der Waals surface area (Å²) in [7, 11) is -3.51. The van der Waals surface area contributed by atoms with Crippen LogP contribution < -0.4 is 0 Å². The highest BCUT2D eigenvalue weighted by Crippen LogP contribution is 2.46.